The highest BCUT2D eigenvalue weighted by Crippen LogP contribution is 2.32. The summed E-state index contributed by atoms with van der Waals surface area (Å²) >= 11 is 0.766. The largest absolute Gasteiger partial charge is 0.354 e. The number of thioether (sulfide) groups is 1. The molecule has 1 saturated heterocycles. The molecule has 138 valence electrons. The summed E-state index contributed by atoms with van der Waals surface area (Å²) in [6.07, 6.45) is 1.60. The average Bonchev–Trinajstić information content (AvgIpc) is 2.92. The van der Waals surface area contributed by atoms with Crippen molar-refractivity contribution in [3.05, 3.63) is 76.4 Å². The van der Waals surface area contributed by atoms with Crippen LogP contribution in [0, 0.1) is 5.82 Å². The fraction of sp³-hybridized carbons (Fsp3) is 0.150. The second kappa shape index (κ2) is 8.64. The first-order valence-corrected chi connectivity index (χ1v) is 9.17. The van der Waals surface area contributed by atoms with Crippen LogP contribution in [0.3, 0.4) is 0 Å². The Kier molecular flexibility index (Phi) is 6.03. The summed E-state index contributed by atoms with van der Waals surface area (Å²) < 4.78 is 13.7. The lowest BCUT2D eigenvalue weighted by Crippen LogP contribution is -2.37. The third-order valence-corrected chi connectivity index (χ3v) is 4.84. The second-order valence-corrected chi connectivity index (χ2v) is 6.86. The van der Waals surface area contributed by atoms with E-state index in [4.69, 9.17) is 0 Å². The Morgan fingerprint density at radius 1 is 1.07 bits per heavy atom. The summed E-state index contributed by atoms with van der Waals surface area (Å²) in [7, 11) is 0. The Hall–Kier alpha value is -2.93. The maximum absolute atomic E-state index is 13.7. The summed E-state index contributed by atoms with van der Waals surface area (Å²) in [6, 6.07) is 15.3. The van der Waals surface area contributed by atoms with Gasteiger partial charge in [-0.15, -0.1) is 0 Å². The molecule has 0 spiro atoms. The minimum Gasteiger partial charge on any atom is -0.354 e. The number of amides is 3. The van der Waals surface area contributed by atoms with E-state index in [1.54, 1.807) is 12.1 Å². The van der Waals surface area contributed by atoms with E-state index in [0.717, 1.165) is 22.2 Å². The number of carbonyl (C=O) groups excluding carboxylic acids is 3. The third kappa shape index (κ3) is 4.83. The number of benzene rings is 2. The molecular weight excluding hydrogens is 367 g/mol. The Labute approximate surface area is 160 Å². The maximum atomic E-state index is 13.7. The summed E-state index contributed by atoms with van der Waals surface area (Å²) in [5, 5.41) is 2.27. The van der Waals surface area contributed by atoms with Crippen LogP contribution in [0.4, 0.5) is 9.18 Å². The van der Waals surface area contributed by atoms with Gasteiger partial charge >= 0.3 is 0 Å². The number of imide groups is 1. The maximum Gasteiger partial charge on any atom is 0.293 e. The molecule has 1 N–H and O–H groups in total. The van der Waals surface area contributed by atoms with E-state index in [2.05, 4.69) is 5.32 Å². The Morgan fingerprint density at radius 2 is 1.78 bits per heavy atom. The molecule has 0 aromatic heterocycles. The SMILES string of the molecule is O=C(Cc1ccccc1)NCCN1C(=O)S/C(=C\c2ccccc2F)C1=O. The monoisotopic (exact) mass is 384 g/mol. The fourth-order valence-electron chi connectivity index (χ4n) is 2.58. The predicted octanol–water partition coefficient (Wildman–Crippen LogP) is 3.22. The standard InChI is InChI=1S/C20H17FN2O3S/c21-16-9-5-4-8-15(16)13-17-19(25)23(20(26)27-17)11-10-22-18(24)12-14-6-2-1-3-7-14/h1-9,13H,10-12H2,(H,22,24)/b17-13-. The lowest BCUT2D eigenvalue weighted by Gasteiger charge is -2.13. The highest BCUT2D eigenvalue weighted by Gasteiger charge is 2.34. The zero-order valence-electron chi connectivity index (χ0n) is 14.4. The minimum absolute atomic E-state index is 0.0693. The fourth-order valence-corrected chi connectivity index (χ4v) is 3.43. The topological polar surface area (TPSA) is 66.5 Å². The molecule has 2 aromatic carbocycles. The van der Waals surface area contributed by atoms with Gasteiger partial charge in [0.15, 0.2) is 0 Å². The van der Waals surface area contributed by atoms with Crippen LogP contribution in [0.25, 0.3) is 6.08 Å². The predicted molar refractivity (Wildman–Crippen MR) is 102 cm³/mol. The lowest BCUT2D eigenvalue weighted by atomic mass is 10.1. The van der Waals surface area contributed by atoms with Gasteiger partial charge in [-0.05, 0) is 29.5 Å². The molecule has 3 rings (SSSR count). The zero-order valence-corrected chi connectivity index (χ0v) is 15.2. The van der Waals surface area contributed by atoms with Crippen LogP contribution >= 0.6 is 11.8 Å². The van der Waals surface area contributed by atoms with Crippen molar-refractivity contribution in [2.24, 2.45) is 0 Å². The molecule has 5 nitrogen and oxygen atoms in total. The molecule has 1 aliphatic rings. The van der Waals surface area contributed by atoms with Gasteiger partial charge in [0, 0.05) is 18.7 Å². The molecule has 0 saturated carbocycles. The molecule has 0 atom stereocenters. The van der Waals surface area contributed by atoms with Crippen molar-refractivity contribution in [3.8, 4) is 0 Å². The Bertz CT molecular complexity index is 899. The van der Waals surface area contributed by atoms with E-state index >= 15 is 0 Å². The molecule has 0 unspecified atom stereocenters. The second-order valence-electron chi connectivity index (χ2n) is 5.87. The van der Waals surface area contributed by atoms with Crippen molar-refractivity contribution in [3.63, 3.8) is 0 Å². The smallest absolute Gasteiger partial charge is 0.293 e. The van der Waals surface area contributed by atoms with Gasteiger partial charge in [0.1, 0.15) is 5.82 Å². The molecule has 0 aliphatic carbocycles. The number of hydrogen-bond donors (Lipinski definition) is 1. The molecule has 7 heteroatoms. The van der Waals surface area contributed by atoms with Crippen molar-refractivity contribution < 1.29 is 18.8 Å². The number of rotatable bonds is 6. The molecule has 1 fully saturated rings. The highest BCUT2D eigenvalue weighted by molar-refractivity contribution is 8.18. The van der Waals surface area contributed by atoms with Gasteiger partial charge in [0.2, 0.25) is 5.91 Å². The third-order valence-electron chi connectivity index (χ3n) is 3.93. The molecule has 1 heterocycles. The van der Waals surface area contributed by atoms with Crippen molar-refractivity contribution in [1.82, 2.24) is 10.2 Å². The number of hydrogen-bond acceptors (Lipinski definition) is 4. The summed E-state index contributed by atoms with van der Waals surface area (Å²) in [4.78, 5) is 37.6. The minimum atomic E-state index is -0.481. The lowest BCUT2D eigenvalue weighted by molar-refractivity contribution is -0.124. The molecule has 27 heavy (non-hydrogen) atoms. The summed E-state index contributed by atoms with van der Waals surface area (Å²) in [5.74, 6) is -1.13. The van der Waals surface area contributed by atoms with Crippen LogP contribution in [0.2, 0.25) is 0 Å². The van der Waals surface area contributed by atoms with E-state index in [9.17, 15) is 18.8 Å². The highest BCUT2D eigenvalue weighted by atomic mass is 32.2. The van der Waals surface area contributed by atoms with Crippen molar-refractivity contribution >= 4 is 34.9 Å². The normalized spacial score (nSPS) is 15.4. The van der Waals surface area contributed by atoms with Crippen molar-refractivity contribution in [1.29, 1.82) is 0 Å². The van der Waals surface area contributed by atoms with E-state index in [1.807, 2.05) is 30.3 Å². The first-order valence-electron chi connectivity index (χ1n) is 8.35. The van der Waals surface area contributed by atoms with Gasteiger partial charge < -0.3 is 5.32 Å². The molecule has 3 amide bonds. The number of nitrogens with one attached hydrogen (secondary N) is 1. The van der Waals surface area contributed by atoms with Crippen LogP contribution < -0.4 is 5.32 Å². The van der Waals surface area contributed by atoms with Gasteiger partial charge in [-0.3, -0.25) is 19.3 Å². The van der Waals surface area contributed by atoms with E-state index in [-0.39, 0.29) is 35.9 Å². The van der Waals surface area contributed by atoms with Gasteiger partial charge in [-0.1, -0.05) is 48.5 Å². The molecular formula is C20H17FN2O3S. The average molecular weight is 384 g/mol. The first kappa shape index (κ1) is 18.8. The summed E-state index contributed by atoms with van der Waals surface area (Å²) in [6.45, 7) is 0.233. The van der Waals surface area contributed by atoms with E-state index in [0.29, 0.717) is 0 Å². The van der Waals surface area contributed by atoms with Crippen LogP contribution in [0.1, 0.15) is 11.1 Å². The quantitative estimate of drug-likeness (QED) is 0.777. The van der Waals surface area contributed by atoms with Gasteiger partial charge in [-0.2, -0.15) is 0 Å². The van der Waals surface area contributed by atoms with E-state index < -0.39 is 17.0 Å². The number of carbonyl (C=O) groups is 3. The number of halogens is 1. The first-order chi connectivity index (χ1) is 13.0. The molecule has 2 aromatic rings. The summed E-state index contributed by atoms with van der Waals surface area (Å²) in [5.41, 5.74) is 1.13. The van der Waals surface area contributed by atoms with Gasteiger partial charge in [0.05, 0.1) is 11.3 Å². The van der Waals surface area contributed by atoms with Gasteiger partial charge in [0.25, 0.3) is 11.1 Å². The van der Waals surface area contributed by atoms with Crippen LogP contribution in [0.5, 0.6) is 0 Å². The van der Waals surface area contributed by atoms with Crippen LogP contribution in [-0.2, 0) is 16.0 Å². The van der Waals surface area contributed by atoms with Gasteiger partial charge in [-0.25, -0.2) is 4.39 Å². The van der Waals surface area contributed by atoms with Crippen molar-refractivity contribution in [2.45, 2.75) is 6.42 Å². The number of nitrogens with zero attached hydrogens (tertiary/aromatic N) is 1. The van der Waals surface area contributed by atoms with Crippen LogP contribution in [-0.4, -0.2) is 35.0 Å². The molecule has 0 radical (unpaired) electrons. The Balaban J connectivity index is 1.55. The van der Waals surface area contributed by atoms with Crippen LogP contribution in [0.15, 0.2) is 59.5 Å². The Morgan fingerprint density at radius 3 is 2.52 bits per heavy atom. The zero-order chi connectivity index (χ0) is 19.2. The molecule has 0 bridgehead atoms. The van der Waals surface area contributed by atoms with Crippen molar-refractivity contribution in [2.75, 3.05) is 13.1 Å². The van der Waals surface area contributed by atoms with E-state index in [1.165, 1.54) is 18.2 Å². The molecule has 1 aliphatic heterocycles.